The lowest BCUT2D eigenvalue weighted by Gasteiger charge is -2.54. The molecule has 7 atom stereocenters. The Balaban J connectivity index is 1.53. The van der Waals surface area contributed by atoms with E-state index in [4.69, 9.17) is 4.74 Å². The first kappa shape index (κ1) is 15.6. The van der Waals surface area contributed by atoms with Crippen LogP contribution in [0.2, 0.25) is 0 Å². The maximum Gasteiger partial charge on any atom is 0.155 e. The normalized spacial score (nSPS) is 56.5. The molecule has 0 aromatic heterocycles. The standard InChI is InChI=1S/C21H30O3/c1-13(22)19(3)10-11-20-17-5-4-14-12-15(23)6-8-18(14,2)16(17)7-9-21(19,20)24-20/h12-13,16-17,22H,4-11H2,1-3H3/t13-,16-,17+,18-,19-,20+,21+/m0/s1. The molecule has 1 heterocycles. The highest BCUT2D eigenvalue weighted by atomic mass is 16.6. The van der Waals surface area contributed by atoms with Crippen molar-refractivity contribution in [3.8, 4) is 0 Å². The Morgan fingerprint density at radius 1 is 1.12 bits per heavy atom. The van der Waals surface area contributed by atoms with Crippen LogP contribution in [0, 0.1) is 22.7 Å². The molecular formula is C21H30O3. The molecule has 4 aliphatic carbocycles. The van der Waals surface area contributed by atoms with Crippen molar-refractivity contribution < 1.29 is 14.6 Å². The Kier molecular flexibility index (Phi) is 2.82. The number of ketones is 1. The van der Waals surface area contributed by atoms with E-state index in [0.717, 1.165) is 38.5 Å². The predicted octanol–water partition coefficient (Wildman–Crippen LogP) is 3.79. The molecule has 132 valence electrons. The summed E-state index contributed by atoms with van der Waals surface area (Å²) in [5, 5.41) is 10.5. The van der Waals surface area contributed by atoms with Gasteiger partial charge in [-0.25, -0.2) is 0 Å². The molecule has 1 aliphatic heterocycles. The Morgan fingerprint density at radius 2 is 1.92 bits per heavy atom. The van der Waals surface area contributed by atoms with Crippen LogP contribution in [0.15, 0.2) is 11.6 Å². The molecule has 0 bridgehead atoms. The van der Waals surface area contributed by atoms with Crippen molar-refractivity contribution in [3.05, 3.63) is 11.6 Å². The number of allylic oxidation sites excluding steroid dienone is 1. The van der Waals surface area contributed by atoms with Crippen LogP contribution in [-0.4, -0.2) is 28.2 Å². The van der Waals surface area contributed by atoms with Crippen LogP contribution in [0.25, 0.3) is 0 Å². The summed E-state index contributed by atoms with van der Waals surface area (Å²) >= 11 is 0. The highest BCUT2D eigenvalue weighted by molar-refractivity contribution is 5.91. The van der Waals surface area contributed by atoms with E-state index in [-0.39, 0.29) is 28.1 Å². The van der Waals surface area contributed by atoms with Crippen molar-refractivity contribution in [2.75, 3.05) is 0 Å². The molecule has 5 aliphatic rings. The minimum absolute atomic E-state index is 0.0254. The Bertz CT molecular complexity index is 651. The van der Waals surface area contributed by atoms with Crippen molar-refractivity contribution in [1.29, 1.82) is 0 Å². The molecule has 3 heteroatoms. The van der Waals surface area contributed by atoms with E-state index in [1.165, 1.54) is 12.0 Å². The van der Waals surface area contributed by atoms with Gasteiger partial charge in [0.1, 0.15) is 11.2 Å². The molecule has 4 fully saturated rings. The summed E-state index contributed by atoms with van der Waals surface area (Å²) in [5.74, 6) is 1.59. The van der Waals surface area contributed by atoms with E-state index >= 15 is 0 Å². The fourth-order valence-electron chi connectivity index (χ4n) is 7.59. The minimum Gasteiger partial charge on any atom is -0.393 e. The SMILES string of the molecule is C[C@H](O)[C@]1(C)CC[C@]23O[C@]12CC[C@H]1[C@H]3CCC2=CC(=O)CC[C@@]21C. The molecule has 3 nitrogen and oxygen atoms in total. The molecule has 0 unspecified atom stereocenters. The molecule has 0 spiro atoms. The quantitative estimate of drug-likeness (QED) is 0.744. The highest BCUT2D eigenvalue weighted by Gasteiger charge is 2.85. The molecule has 0 aromatic carbocycles. The highest BCUT2D eigenvalue weighted by Crippen LogP contribution is 2.79. The van der Waals surface area contributed by atoms with E-state index in [1.807, 2.05) is 13.0 Å². The van der Waals surface area contributed by atoms with Crippen molar-refractivity contribution in [1.82, 2.24) is 0 Å². The number of aliphatic hydroxyl groups is 1. The lowest BCUT2D eigenvalue weighted by Crippen LogP contribution is -2.53. The van der Waals surface area contributed by atoms with Crippen LogP contribution >= 0.6 is 0 Å². The topological polar surface area (TPSA) is 49.8 Å². The fraction of sp³-hybridized carbons (Fsp3) is 0.857. The number of rotatable bonds is 1. The van der Waals surface area contributed by atoms with Gasteiger partial charge in [-0.2, -0.15) is 0 Å². The van der Waals surface area contributed by atoms with E-state index in [0.29, 0.717) is 24.0 Å². The number of carbonyl (C=O) groups excluding carboxylic acids is 1. The first-order valence-electron chi connectivity index (χ1n) is 9.91. The lowest BCUT2D eigenvalue weighted by molar-refractivity contribution is -0.116. The third-order valence-electron chi connectivity index (χ3n) is 9.25. The van der Waals surface area contributed by atoms with Gasteiger partial charge in [0.15, 0.2) is 5.78 Å². The van der Waals surface area contributed by atoms with Gasteiger partial charge >= 0.3 is 0 Å². The maximum absolute atomic E-state index is 11.9. The molecular weight excluding hydrogens is 300 g/mol. The van der Waals surface area contributed by atoms with Gasteiger partial charge in [0, 0.05) is 11.8 Å². The Morgan fingerprint density at radius 3 is 2.67 bits per heavy atom. The van der Waals surface area contributed by atoms with Gasteiger partial charge in [0.25, 0.3) is 0 Å². The van der Waals surface area contributed by atoms with Crippen LogP contribution in [0.3, 0.4) is 0 Å². The lowest BCUT2D eigenvalue weighted by atomic mass is 9.49. The van der Waals surface area contributed by atoms with Gasteiger partial charge in [-0.05, 0) is 75.2 Å². The van der Waals surface area contributed by atoms with Crippen molar-refractivity contribution in [2.45, 2.75) is 89.4 Å². The number of carbonyl (C=O) groups is 1. The molecule has 1 N–H and O–H groups in total. The molecule has 0 radical (unpaired) electrons. The van der Waals surface area contributed by atoms with Crippen LogP contribution < -0.4 is 0 Å². The van der Waals surface area contributed by atoms with Gasteiger partial charge < -0.3 is 9.84 Å². The molecule has 0 aromatic rings. The summed E-state index contributed by atoms with van der Waals surface area (Å²) in [7, 11) is 0. The Hall–Kier alpha value is -0.670. The molecule has 3 saturated carbocycles. The van der Waals surface area contributed by atoms with Crippen molar-refractivity contribution >= 4 is 5.78 Å². The van der Waals surface area contributed by atoms with E-state index in [1.54, 1.807) is 0 Å². The van der Waals surface area contributed by atoms with Crippen LogP contribution in [0.4, 0.5) is 0 Å². The number of epoxide rings is 1. The summed E-state index contributed by atoms with van der Waals surface area (Å²) in [4.78, 5) is 11.9. The molecule has 0 amide bonds. The average molecular weight is 330 g/mol. The van der Waals surface area contributed by atoms with Crippen molar-refractivity contribution in [3.63, 3.8) is 0 Å². The van der Waals surface area contributed by atoms with E-state index in [2.05, 4.69) is 13.8 Å². The number of hydrogen-bond acceptors (Lipinski definition) is 3. The Labute approximate surface area is 144 Å². The second-order valence-corrected chi connectivity index (χ2v) is 9.76. The number of hydrogen-bond donors (Lipinski definition) is 1. The van der Waals surface area contributed by atoms with E-state index in [9.17, 15) is 9.90 Å². The summed E-state index contributed by atoms with van der Waals surface area (Å²) in [6, 6.07) is 0. The van der Waals surface area contributed by atoms with Gasteiger partial charge in [-0.15, -0.1) is 0 Å². The molecule has 5 rings (SSSR count). The third-order valence-corrected chi connectivity index (χ3v) is 9.25. The monoisotopic (exact) mass is 330 g/mol. The minimum atomic E-state index is -0.305. The predicted molar refractivity (Wildman–Crippen MR) is 91.4 cm³/mol. The maximum atomic E-state index is 11.9. The summed E-state index contributed by atoms with van der Waals surface area (Å²) in [6.07, 6.45) is 10.1. The summed E-state index contributed by atoms with van der Waals surface area (Å²) in [6.45, 7) is 6.62. The fourth-order valence-corrected chi connectivity index (χ4v) is 7.59. The van der Waals surface area contributed by atoms with Gasteiger partial charge in [0.2, 0.25) is 0 Å². The summed E-state index contributed by atoms with van der Waals surface area (Å²) < 4.78 is 6.63. The largest absolute Gasteiger partial charge is 0.393 e. The zero-order chi connectivity index (χ0) is 17.0. The number of ether oxygens (including phenoxy) is 1. The van der Waals surface area contributed by atoms with E-state index < -0.39 is 0 Å². The first-order valence-corrected chi connectivity index (χ1v) is 9.91. The zero-order valence-corrected chi connectivity index (χ0v) is 15.2. The first-order chi connectivity index (χ1) is 11.3. The molecule has 1 saturated heterocycles. The smallest absolute Gasteiger partial charge is 0.155 e. The van der Waals surface area contributed by atoms with Crippen LogP contribution in [-0.2, 0) is 9.53 Å². The van der Waals surface area contributed by atoms with Crippen molar-refractivity contribution in [2.24, 2.45) is 22.7 Å². The third kappa shape index (κ3) is 1.47. The number of aliphatic hydroxyl groups excluding tert-OH is 1. The van der Waals surface area contributed by atoms with Crippen LogP contribution in [0.5, 0.6) is 0 Å². The second-order valence-electron chi connectivity index (χ2n) is 9.76. The zero-order valence-electron chi connectivity index (χ0n) is 15.2. The van der Waals surface area contributed by atoms with Crippen LogP contribution in [0.1, 0.15) is 72.1 Å². The number of fused-ring (bicyclic) bond motifs is 3. The molecule has 24 heavy (non-hydrogen) atoms. The second kappa shape index (κ2) is 4.35. The average Bonchev–Trinajstić information content (AvgIpc) is 3.17. The summed E-state index contributed by atoms with van der Waals surface area (Å²) in [5.41, 5.74) is 1.49. The van der Waals surface area contributed by atoms with Gasteiger partial charge in [-0.1, -0.05) is 19.4 Å². The van der Waals surface area contributed by atoms with Gasteiger partial charge in [0.05, 0.1) is 6.10 Å². The van der Waals surface area contributed by atoms with Gasteiger partial charge in [-0.3, -0.25) is 4.79 Å².